The van der Waals surface area contributed by atoms with Gasteiger partial charge in [-0.05, 0) is 31.2 Å². The van der Waals surface area contributed by atoms with Crippen LogP contribution in [-0.4, -0.2) is 12.3 Å². The van der Waals surface area contributed by atoms with Crippen molar-refractivity contribution in [2.24, 2.45) is 0 Å². The predicted octanol–water partition coefficient (Wildman–Crippen LogP) is 4.04. The normalized spacial score (nSPS) is 16.7. The zero-order valence-electron chi connectivity index (χ0n) is 9.22. The van der Waals surface area contributed by atoms with Gasteiger partial charge in [0.1, 0.15) is 11.6 Å². The van der Waals surface area contributed by atoms with Gasteiger partial charge in [-0.25, -0.2) is 8.78 Å². The van der Waals surface area contributed by atoms with Crippen LogP contribution in [0.1, 0.15) is 25.7 Å². The Morgan fingerprint density at radius 3 is 2.25 bits per heavy atom. The minimum absolute atomic E-state index is 0.0944. The summed E-state index contributed by atoms with van der Waals surface area (Å²) in [5, 5.41) is 3.18. The van der Waals surface area contributed by atoms with E-state index in [0.717, 1.165) is 24.6 Å². The SMILES string of the molecule is CSc1c(F)cc(NC2CCCC2)cc1F. The van der Waals surface area contributed by atoms with Gasteiger partial charge in [0.25, 0.3) is 0 Å². The number of anilines is 1. The molecule has 1 nitrogen and oxygen atoms in total. The summed E-state index contributed by atoms with van der Waals surface area (Å²) in [4.78, 5) is 0.0944. The van der Waals surface area contributed by atoms with E-state index < -0.39 is 11.6 Å². The highest BCUT2D eigenvalue weighted by atomic mass is 32.2. The van der Waals surface area contributed by atoms with Gasteiger partial charge in [0.15, 0.2) is 0 Å². The Morgan fingerprint density at radius 2 is 1.75 bits per heavy atom. The molecule has 0 radical (unpaired) electrons. The molecule has 0 aliphatic heterocycles. The third-order valence-corrected chi connectivity index (χ3v) is 3.73. The van der Waals surface area contributed by atoms with Crippen LogP contribution in [0.5, 0.6) is 0 Å². The van der Waals surface area contributed by atoms with Crippen molar-refractivity contribution in [3.63, 3.8) is 0 Å². The molecule has 1 aliphatic rings. The van der Waals surface area contributed by atoms with Gasteiger partial charge in [-0.3, -0.25) is 0 Å². The smallest absolute Gasteiger partial charge is 0.141 e. The minimum Gasteiger partial charge on any atom is -0.382 e. The van der Waals surface area contributed by atoms with Gasteiger partial charge < -0.3 is 5.32 Å². The molecule has 88 valence electrons. The van der Waals surface area contributed by atoms with Gasteiger partial charge in [0.2, 0.25) is 0 Å². The Morgan fingerprint density at radius 1 is 1.19 bits per heavy atom. The van der Waals surface area contributed by atoms with Crippen molar-refractivity contribution in [1.82, 2.24) is 0 Å². The molecule has 0 atom stereocenters. The van der Waals surface area contributed by atoms with Crippen molar-refractivity contribution in [1.29, 1.82) is 0 Å². The van der Waals surface area contributed by atoms with E-state index in [1.165, 1.54) is 25.0 Å². The number of hydrogen-bond donors (Lipinski definition) is 1. The van der Waals surface area contributed by atoms with Crippen LogP contribution in [0.3, 0.4) is 0 Å². The van der Waals surface area contributed by atoms with Gasteiger partial charge in [-0.2, -0.15) is 0 Å². The molecule has 1 saturated carbocycles. The van der Waals surface area contributed by atoms with E-state index in [1.807, 2.05) is 0 Å². The molecule has 1 aromatic carbocycles. The van der Waals surface area contributed by atoms with Crippen molar-refractivity contribution in [3.05, 3.63) is 23.8 Å². The number of thioether (sulfide) groups is 1. The van der Waals surface area contributed by atoms with E-state index in [-0.39, 0.29) is 4.90 Å². The molecule has 0 unspecified atom stereocenters. The molecule has 1 N–H and O–H groups in total. The second-order valence-electron chi connectivity index (χ2n) is 4.10. The van der Waals surface area contributed by atoms with Crippen LogP contribution in [0, 0.1) is 11.6 Å². The third-order valence-electron chi connectivity index (χ3n) is 2.93. The molecule has 0 amide bonds. The Bertz CT molecular complexity index is 352. The van der Waals surface area contributed by atoms with Crippen LogP contribution in [-0.2, 0) is 0 Å². The first-order chi connectivity index (χ1) is 7.70. The lowest BCUT2D eigenvalue weighted by Gasteiger charge is -2.14. The van der Waals surface area contributed by atoms with E-state index in [1.54, 1.807) is 6.26 Å². The second kappa shape index (κ2) is 5.04. The predicted molar refractivity (Wildman–Crippen MR) is 64.0 cm³/mol. The summed E-state index contributed by atoms with van der Waals surface area (Å²) in [7, 11) is 0. The van der Waals surface area contributed by atoms with Gasteiger partial charge >= 0.3 is 0 Å². The maximum atomic E-state index is 13.5. The summed E-state index contributed by atoms with van der Waals surface area (Å²) in [6.45, 7) is 0. The highest BCUT2D eigenvalue weighted by Gasteiger charge is 2.16. The van der Waals surface area contributed by atoms with Crippen molar-refractivity contribution in [2.75, 3.05) is 11.6 Å². The van der Waals surface area contributed by atoms with Crippen LogP contribution in [0.4, 0.5) is 14.5 Å². The average Bonchev–Trinajstić information content (AvgIpc) is 2.70. The number of rotatable bonds is 3. The molecule has 2 rings (SSSR count). The van der Waals surface area contributed by atoms with Crippen LogP contribution in [0.15, 0.2) is 17.0 Å². The number of halogens is 2. The Kier molecular flexibility index (Phi) is 3.69. The molecule has 4 heteroatoms. The maximum absolute atomic E-state index is 13.5. The minimum atomic E-state index is -0.479. The first-order valence-electron chi connectivity index (χ1n) is 5.50. The molecule has 0 spiro atoms. The average molecular weight is 243 g/mol. The van der Waals surface area contributed by atoms with E-state index in [2.05, 4.69) is 5.32 Å². The fraction of sp³-hybridized carbons (Fsp3) is 0.500. The van der Waals surface area contributed by atoms with Crippen LogP contribution in [0.25, 0.3) is 0 Å². The lowest BCUT2D eigenvalue weighted by atomic mass is 10.2. The Labute approximate surface area is 98.6 Å². The molecular weight excluding hydrogens is 228 g/mol. The van der Waals surface area contributed by atoms with E-state index >= 15 is 0 Å². The van der Waals surface area contributed by atoms with E-state index in [9.17, 15) is 8.78 Å². The molecule has 0 saturated heterocycles. The van der Waals surface area contributed by atoms with Crippen molar-refractivity contribution in [3.8, 4) is 0 Å². The van der Waals surface area contributed by atoms with E-state index in [4.69, 9.17) is 0 Å². The second-order valence-corrected chi connectivity index (χ2v) is 4.92. The van der Waals surface area contributed by atoms with Gasteiger partial charge in [-0.1, -0.05) is 12.8 Å². The van der Waals surface area contributed by atoms with Crippen molar-refractivity contribution in [2.45, 2.75) is 36.6 Å². The van der Waals surface area contributed by atoms with E-state index in [0.29, 0.717) is 11.7 Å². The molecule has 0 bridgehead atoms. The standard InChI is InChI=1S/C12H15F2NS/c1-16-12-10(13)6-9(7-11(12)14)15-8-4-2-3-5-8/h6-8,15H,2-5H2,1H3. The zero-order valence-corrected chi connectivity index (χ0v) is 10.0. The fourth-order valence-electron chi connectivity index (χ4n) is 2.14. The topological polar surface area (TPSA) is 12.0 Å². The third kappa shape index (κ3) is 2.48. The summed E-state index contributed by atoms with van der Waals surface area (Å²) in [5.74, 6) is -0.957. The lowest BCUT2D eigenvalue weighted by molar-refractivity contribution is 0.541. The fourth-order valence-corrected chi connectivity index (χ4v) is 2.65. The zero-order chi connectivity index (χ0) is 11.5. The summed E-state index contributed by atoms with van der Waals surface area (Å²) < 4.78 is 27.0. The number of benzene rings is 1. The van der Waals surface area contributed by atoms with Crippen molar-refractivity contribution >= 4 is 17.4 Å². The largest absolute Gasteiger partial charge is 0.382 e. The number of nitrogens with one attached hydrogen (secondary N) is 1. The first kappa shape index (κ1) is 11.7. The lowest BCUT2D eigenvalue weighted by Crippen LogP contribution is -2.14. The van der Waals surface area contributed by atoms with Crippen LogP contribution >= 0.6 is 11.8 Å². The summed E-state index contributed by atoms with van der Waals surface area (Å²) in [5.41, 5.74) is 0.555. The highest BCUT2D eigenvalue weighted by Crippen LogP contribution is 2.28. The molecule has 0 heterocycles. The molecule has 1 fully saturated rings. The van der Waals surface area contributed by atoms with Gasteiger partial charge in [0.05, 0.1) is 4.90 Å². The van der Waals surface area contributed by atoms with Crippen LogP contribution in [0.2, 0.25) is 0 Å². The molecule has 0 aromatic heterocycles. The quantitative estimate of drug-likeness (QED) is 0.804. The van der Waals surface area contributed by atoms with Gasteiger partial charge in [0, 0.05) is 11.7 Å². The highest BCUT2D eigenvalue weighted by molar-refractivity contribution is 7.98. The molecule has 16 heavy (non-hydrogen) atoms. The Balaban J connectivity index is 2.15. The first-order valence-corrected chi connectivity index (χ1v) is 6.72. The summed E-state index contributed by atoms with van der Waals surface area (Å²) in [6.07, 6.45) is 6.25. The Hall–Kier alpha value is -0.770. The number of hydrogen-bond acceptors (Lipinski definition) is 2. The molecule has 1 aromatic rings. The maximum Gasteiger partial charge on any atom is 0.141 e. The van der Waals surface area contributed by atoms with Crippen LogP contribution < -0.4 is 5.32 Å². The van der Waals surface area contributed by atoms with Gasteiger partial charge in [-0.15, -0.1) is 11.8 Å². The summed E-state index contributed by atoms with van der Waals surface area (Å²) >= 11 is 1.10. The summed E-state index contributed by atoms with van der Waals surface area (Å²) in [6, 6.07) is 3.14. The monoisotopic (exact) mass is 243 g/mol. The molecular formula is C12H15F2NS. The van der Waals surface area contributed by atoms with Crippen molar-refractivity contribution < 1.29 is 8.78 Å². The molecule has 1 aliphatic carbocycles.